The Balaban J connectivity index is 1.32. The van der Waals surface area contributed by atoms with Crippen molar-refractivity contribution in [3.63, 3.8) is 0 Å². The minimum atomic E-state index is 0.104. The molecule has 1 saturated carbocycles. The highest BCUT2D eigenvalue weighted by Crippen LogP contribution is 2.59. The molecule has 2 fully saturated rings. The molecule has 1 amide bonds. The fourth-order valence-corrected chi connectivity index (χ4v) is 5.15. The van der Waals surface area contributed by atoms with Crippen LogP contribution in [0.1, 0.15) is 43.1 Å². The van der Waals surface area contributed by atoms with Gasteiger partial charge in [-0.3, -0.25) is 14.4 Å². The number of rotatable bonds is 6. The van der Waals surface area contributed by atoms with Crippen molar-refractivity contribution < 1.29 is 9.53 Å². The lowest BCUT2D eigenvalue weighted by Gasteiger charge is -2.33. The summed E-state index contributed by atoms with van der Waals surface area (Å²) in [7, 11) is 1.58. The molecule has 1 atom stereocenters. The van der Waals surface area contributed by atoms with Crippen LogP contribution in [0.2, 0.25) is 5.02 Å². The van der Waals surface area contributed by atoms with E-state index in [1.807, 2.05) is 6.07 Å². The molecular formula is C23H31ClN4O2. The molecule has 2 heterocycles. The number of halogens is 1. The minimum Gasteiger partial charge on any atom is -0.495 e. The van der Waals surface area contributed by atoms with E-state index in [2.05, 4.69) is 40.8 Å². The number of methoxy groups -OCH3 is 1. The number of carbonyl (C=O) groups is 1. The van der Waals surface area contributed by atoms with Gasteiger partial charge in [-0.1, -0.05) is 11.6 Å². The summed E-state index contributed by atoms with van der Waals surface area (Å²) in [4.78, 5) is 15.3. The number of aryl methyl sites for hydroxylation is 2. The molecule has 1 aromatic heterocycles. The maximum absolute atomic E-state index is 12.8. The number of hydrogen-bond donors (Lipinski definition) is 1. The van der Waals surface area contributed by atoms with E-state index in [1.165, 1.54) is 11.3 Å². The van der Waals surface area contributed by atoms with Gasteiger partial charge in [-0.2, -0.15) is 5.10 Å². The van der Waals surface area contributed by atoms with Gasteiger partial charge >= 0.3 is 0 Å². The van der Waals surface area contributed by atoms with Gasteiger partial charge in [0, 0.05) is 36.0 Å². The van der Waals surface area contributed by atoms with E-state index in [-0.39, 0.29) is 17.2 Å². The second kappa shape index (κ2) is 8.23. The summed E-state index contributed by atoms with van der Waals surface area (Å²) in [5, 5.41) is 8.19. The van der Waals surface area contributed by atoms with Crippen LogP contribution < -0.4 is 10.1 Å². The Labute approximate surface area is 183 Å². The average Bonchev–Trinajstić information content (AvgIpc) is 3.37. The van der Waals surface area contributed by atoms with E-state index in [9.17, 15) is 4.79 Å². The van der Waals surface area contributed by atoms with Crippen molar-refractivity contribution in [2.75, 3.05) is 25.5 Å². The second-order valence-corrected chi connectivity index (χ2v) is 9.11. The number of benzene rings is 1. The van der Waals surface area contributed by atoms with Gasteiger partial charge in [-0.05, 0) is 76.7 Å². The number of anilines is 1. The van der Waals surface area contributed by atoms with E-state index in [0.717, 1.165) is 56.8 Å². The Morgan fingerprint density at radius 2 is 2.07 bits per heavy atom. The van der Waals surface area contributed by atoms with Crippen LogP contribution in [0.25, 0.3) is 0 Å². The van der Waals surface area contributed by atoms with Gasteiger partial charge in [0.15, 0.2) is 0 Å². The number of nitrogens with one attached hydrogen (secondary N) is 1. The predicted octanol–water partition coefficient (Wildman–Crippen LogP) is 4.42. The largest absolute Gasteiger partial charge is 0.495 e. The third-order valence-corrected chi connectivity index (χ3v) is 7.29. The molecule has 2 aliphatic rings. The number of nitrogens with zero attached hydrogens (tertiary/aromatic N) is 3. The fraction of sp³-hybridized carbons (Fsp3) is 0.565. The molecule has 1 aliphatic heterocycles. The van der Waals surface area contributed by atoms with Gasteiger partial charge in [-0.15, -0.1) is 0 Å². The maximum atomic E-state index is 12.8. The zero-order valence-corrected chi connectivity index (χ0v) is 19.1. The van der Waals surface area contributed by atoms with Crippen molar-refractivity contribution in [3.8, 4) is 5.75 Å². The molecule has 0 bridgehead atoms. The van der Waals surface area contributed by atoms with Crippen LogP contribution >= 0.6 is 11.6 Å². The quantitative estimate of drug-likeness (QED) is 0.736. The van der Waals surface area contributed by atoms with E-state index in [1.54, 1.807) is 19.2 Å². The van der Waals surface area contributed by atoms with Crippen molar-refractivity contribution in [2.45, 2.75) is 53.1 Å². The number of ether oxygens (including phenoxy) is 1. The van der Waals surface area contributed by atoms with E-state index in [4.69, 9.17) is 16.3 Å². The van der Waals surface area contributed by atoms with Gasteiger partial charge in [0.05, 0.1) is 17.8 Å². The van der Waals surface area contributed by atoms with E-state index >= 15 is 0 Å². The first-order valence-electron chi connectivity index (χ1n) is 10.8. The summed E-state index contributed by atoms with van der Waals surface area (Å²) in [6, 6.07) is 5.36. The lowest BCUT2D eigenvalue weighted by atomic mass is 9.90. The Morgan fingerprint density at radius 1 is 1.33 bits per heavy atom. The van der Waals surface area contributed by atoms with Crippen LogP contribution in [0.3, 0.4) is 0 Å². The van der Waals surface area contributed by atoms with Crippen molar-refractivity contribution in [3.05, 3.63) is 40.2 Å². The molecule has 162 valence electrons. The fourth-order valence-electron chi connectivity index (χ4n) is 4.90. The number of aromatic nitrogens is 2. The first kappa shape index (κ1) is 21.2. The van der Waals surface area contributed by atoms with Crippen LogP contribution in [0.4, 0.5) is 5.69 Å². The Morgan fingerprint density at radius 3 is 2.67 bits per heavy atom. The van der Waals surface area contributed by atoms with E-state index < -0.39 is 0 Å². The van der Waals surface area contributed by atoms with Crippen molar-refractivity contribution in [1.82, 2.24) is 14.7 Å². The first-order valence-corrected chi connectivity index (χ1v) is 11.1. The molecule has 4 rings (SSSR count). The smallest absolute Gasteiger partial charge is 0.228 e. The van der Waals surface area contributed by atoms with Crippen LogP contribution in [0, 0.1) is 25.2 Å². The highest BCUT2D eigenvalue weighted by Gasteiger charge is 2.58. The summed E-state index contributed by atoms with van der Waals surface area (Å²) in [6.07, 6.45) is 3.14. The van der Waals surface area contributed by atoms with Gasteiger partial charge in [0.25, 0.3) is 0 Å². The summed E-state index contributed by atoms with van der Waals surface area (Å²) < 4.78 is 7.26. The van der Waals surface area contributed by atoms with Crippen molar-refractivity contribution in [1.29, 1.82) is 0 Å². The zero-order valence-electron chi connectivity index (χ0n) is 18.3. The molecule has 1 aliphatic carbocycles. The van der Waals surface area contributed by atoms with Crippen LogP contribution in [-0.4, -0.2) is 40.8 Å². The van der Waals surface area contributed by atoms with Crippen molar-refractivity contribution in [2.24, 2.45) is 11.3 Å². The first-order chi connectivity index (χ1) is 14.4. The molecule has 1 N–H and O–H groups in total. The molecule has 1 saturated heterocycles. The molecule has 0 radical (unpaired) electrons. The molecule has 1 aromatic carbocycles. The van der Waals surface area contributed by atoms with Crippen LogP contribution in [0.15, 0.2) is 18.2 Å². The van der Waals surface area contributed by atoms with Crippen LogP contribution in [0.5, 0.6) is 5.75 Å². The average molecular weight is 431 g/mol. The summed E-state index contributed by atoms with van der Waals surface area (Å²) >= 11 is 6.18. The van der Waals surface area contributed by atoms with Crippen molar-refractivity contribution >= 4 is 23.2 Å². The summed E-state index contributed by atoms with van der Waals surface area (Å²) in [5.74, 6) is 0.826. The third-order valence-electron chi connectivity index (χ3n) is 6.99. The Bertz CT molecular complexity index is 947. The predicted molar refractivity (Wildman–Crippen MR) is 119 cm³/mol. The topological polar surface area (TPSA) is 59.4 Å². The van der Waals surface area contributed by atoms with E-state index in [0.29, 0.717) is 10.8 Å². The molecule has 2 aromatic rings. The molecule has 1 spiro atoms. The maximum Gasteiger partial charge on any atom is 0.228 e. The number of likely N-dealkylation sites (tertiary alicyclic amines) is 1. The highest BCUT2D eigenvalue weighted by atomic mass is 35.5. The number of amides is 1. The monoisotopic (exact) mass is 430 g/mol. The van der Waals surface area contributed by atoms with Gasteiger partial charge in [0.1, 0.15) is 5.75 Å². The van der Waals surface area contributed by atoms with Crippen LogP contribution in [-0.2, 0) is 17.9 Å². The zero-order chi connectivity index (χ0) is 21.5. The Kier molecular flexibility index (Phi) is 5.82. The summed E-state index contributed by atoms with van der Waals surface area (Å²) in [5.41, 5.74) is 4.67. The number of hydrogen-bond acceptors (Lipinski definition) is 4. The minimum absolute atomic E-state index is 0.104. The second-order valence-electron chi connectivity index (χ2n) is 8.70. The van der Waals surface area contributed by atoms with Gasteiger partial charge in [0.2, 0.25) is 5.91 Å². The standard InChI is InChI=1S/C23H31ClN4O2/c1-5-28-16(3)18(15(2)26-28)14-27-10-8-23(9-11-27)13-19(23)22(29)25-17-6-7-21(30-4)20(24)12-17/h6-7,12,19H,5,8-11,13-14H2,1-4H3,(H,25,29). The Hall–Kier alpha value is -2.05. The molecule has 30 heavy (non-hydrogen) atoms. The van der Waals surface area contributed by atoms with Gasteiger partial charge in [-0.25, -0.2) is 0 Å². The number of piperidine rings is 1. The molecular weight excluding hydrogens is 400 g/mol. The molecule has 7 heteroatoms. The lowest BCUT2D eigenvalue weighted by molar-refractivity contribution is -0.118. The van der Waals surface area contributed by atoms with Gasteiger partial charge < -0.3 is 10.1 Å². The SMILES string of the molecule is CCn1nc(C)c(CN2CCC3(CC2)CC3C(=O)Nc2ccc(OC)c(Cl)c2)c1C. The molecule has 6 nitrogen and oxygen atoms in total. The lowest BCUT2D eigenvalue weighted by Crippen LogP contribution is -2.36. The number of carbonyl (C=O) groups excluding carboxylic acids is 1. The molecule has 1 unspecified atom stereocenters. The highest BCUT2D eigenvalue weighted by molar-refractivity contribution is 6.32. The normalized spacial score (nSPS) is 20.4. The summed E-state index contributed by atoms with van der Waals surface area (Å²) in [6.45, 7) is 10.3. The third kappa shape index (κ3) is 3.95.